The van der Waals surface area contributed by atoms with Gasteiger partial charge in [-0.05, 0) is 96.6 Å². The number of aliphatic hydroxyl groups is 1. The molecular formula is C36H34F6N2O4S2. The van der Waals surface area contributed by atoms with Crippen molar-refractivity contribution in [3.05, 3.63) is 98.1 Å². The molecule has 8 atom stereocenters. The molecule has 2 aromatic heterocycles. The molecule has 2 aromatic carbocycles. The van der Waals surface area contributed by atoms with Crippen LogP contribution in [0.5, 0.6) is 5.06 Å². The average Bonchev–Trinajstić information content (AvgIpc) is 3.82. The van der Waals surface area contributed by atoms with Gasteiger partial charge < -0.3 is 30.0 Å². The first-order chi connectivity index (χ1) is 24.0. The molecule has 0 unspecified atom stereocenters. The lowest BCUT2D eigenvalue weighted by molar-refractivity contribution is -0.139. The molecular weight excluding hydrogens is 703 g/mol. The fourth-order valence-corrected chi connectivity index (χ4v) is 9.63. The lowest BCUT2D eigenvalue weighted by Gasteiger charge is -2.45. The minimum atomic E-state index is -4.50. The largest absolute Gasteiger partial charge is 0.481 e. The molecule has 4 aliphatic rings. The van der Waals surface area contributed by atoms with Gasteiger partial charge in [0.2, 0.25) is 0 Å². The maximum Gasteiger partial charge on any atom is 0.416 e. The van der Waals surface area contributed by atoms with Gasteiger partial charge in [0.05, 0.1) is 54.2 Å². The first kappa shape index (κ1) is 33.8. The van der Waals surface area contributed by atoms with Gasteiger partial charge >= 0.3 is 12.4 Å². The van der Waals surface area contributed by atoms with Gasteiger partial charge in [0, 0.05) is 39.2 Å². The topological polar surface area (TPSA) is 72.0 Å². The lowest BCUT2D eigenvalue weighted by atomic mass is 9.77. The Labute approximate surface area is 292 Å². The quantitative estimate of drug-likeness (QED) is 0.171. The van der Waals surface area contributed by atoms with E-state index in [9.17, 15) is 31.4 Å². The summed E-state index contributed by atoms with van der Waals surface area (Å²) in [5.74, 6) is -0.231. The zero-order chi connectivity index (χ0) is 34.8. The molecule has 0 amide bonds. The van der Waals surface area contributed by atoms with Crippen molar-refractivity contribution in [1.82, 2.24) is 0 Å². The highest BCUT2D eigenvalue weighted by Gasteiger charge is 2.46. The zero-order valence-corrected chi connectivity index (χ0v) is 28.1. The number of anilines is 2. The molecule has 2 fully saturated rings. The molecule has 0 spiro atoms. The van der Waals surface area contributed by atoms with Crippen molar-refractivity contribution >= 4 is 34.0 Å². The van der Waals surface area contributed by atoms with Crippen molar-refractivity contribution in [2.45, 2.75) is 74.5 Å². The highest BCUT2D eigenvalue weighted by atomic mass is 32.1. The second kappa shape index (κ2) is 13.0. The Hall–Kier alpha value is -3.30. The second-order valence-corrected chi connectivity index (χ2v) is 15.2. The minimum absolute atomic E-state index is 0.0614. The lowest BCUT2D eigenvalue weighted by Crippen LogP contribution is -2.40. The highest BCUT2D eigenvalue weighted by Crippen LogP contribution is 2.54. The van der Waals surface area contributed by atoms with Gasteiger partial charge in [0.15, 0.2) is 5.06 Å². The molecule has 4 aromatic rings. The van der Waals surface area contributed by atoms with Crippen LogP contribution in [0.2, 0.25) is 0 Å². The van der Waals surface area contributed by atoms with Crippen LogP contribution in [0.1, 0.15) is 82.7 Å². The number of rotatable bonds is 6. The maximum absolute atomic E-state index is 13.7. The van der Waals surface area contributed by atoms with Crippen molar-refractivity contribution in [3.8, 4) is 5.06 Å². The minimum Gasteiger partial charge on any atom is -0.481 e. The monoisotopic (exact) mass is 736 g/mol. The standard InChI is InChI=1S/C36H34F6N2O4S2/c37-35(38,39)19-1-7-27-25(13-19)33-23(31(43-27)18-11-12-49-17-18)6-4-22(48-33)16-46-30-10-9-29(50-30)32-24-5-3-21(15-45)47-34(24)26-14-20(36(40,41)42)2-8-28(26)44-32/h1-2,7-14,17,21-24,31-34,43-45H,3-6,15-16H2/t21-,22-,23+,24+,31+,32-,33+,34+/m1/s1. The van der Waals surface area contributed by atoms with Crippen LogP contribution >= 0.6 is 22.7 Å². The predicted octanol–water partition coefficient (Wildman–Crippen LogP) is 9.92. The van der Waals surface area contributed by atoms with Crippen LogP contribution < -0.4 is 15.4 Å². The Balaban J connectivity index is 0.996. The third kappa shape index (κ3) is 6.38. The molecule has 14 heteroatoms. The van der Waals surface area contributed by atoms with E-state index in [0.717, 1.165) is 35.1 Å². The third-order valence-corrected chi connectivity index (χ3v) is 12.2. The van der Waals surface area contributed by atoms with Crippen molar-refractivity contribution in [3.63, 3.8) is 0 Å². The smallest absolute Gasteiger partial charge is 0.416 e. The molecule has 266 valence electrons. The molecule has 0 radical (unpaired) electrons. The molecule has 8 rings (SSSR count). The van der Waals surface area contributed by atoms with E-state index < -0.39 is 41.8 Å². The van der Waals surface area contributed by atoms with E-state index in [-0.39, 0.29) is 43.2 Å². The Morgan fingerprint density at radius 3 is 1.94 bits per heavy atom. The molecule has 50 heavy (non-hydrogen) atoms. The van der Waals surface area contributed by atoms with Crippen molar-refractivity contribution < 1.29 is 45.7 Å². The van der Waals surface area contributed by atoms with E-state index in [1.165, 1.54) is 29.5 Å². The molecule has 0 aliphatic carbocycles. The molecule has 3 N–H and O–H groups in total. The maximum atomic E-state index is 13.7. The van der Waals surface area contributed by atoms with E-state index >= 15 is 0 Å². The number of ether oxygens (including phenoxy) is 3. The van der Waals surface area contributed by atoms with Gasteiger partial charge in [-0.1, -0.05) is 0 Å². The number of halogens is 6. The first-order valence-corrected chi connectivity index (χ1v) is 18.3. The van der Waals surface area contributed by atoms with Gasteiger partial charge in [0.1, 0.15) is 6.61 Å². The van der Waals surface area contributed by atoms with Crippen LogP contribution in [0.15, 0.2) is 65.4 Å². The number of thiophene rings is 2. The fraction of sp³-hybridized carbons (Fsp3) is 0.444. The van der Waals surface area contributed by atoms with Crippen molar-refractivity contribution in [2.75, 3.05) is 23.8 Å². The summed E-state index contributed by atoms with van der Waals surface area (Å²) in [7, 11) is 0. The second-order valence-electron chi connectivity index (χ2n) is 13.4. The van der Waals surface area contributed by atoms with Crippen LogP contribution in [0.3, 0.4) is 0 Å². The first-order valence-electron chi connectivity index (χ1n) is 16.6. The van der Waals surface area contributed by atoms with Crippen molar-refractivity contribution in [1.29, 1.82) is 0 Å². The van der Waals surface area contributed by atoms with Gasteiger partial charge in [-0.25, -0.2) is 0 Å². The molecule has 6 nitrogen and oxygen atoms in total. The van der Waals surface area contributed by atoms with E-state index in [2.05, 4.69) is 16.0 Å². The Morgan fingerprint density at radius 2 is 1.34 bits per heavy atom. The van der Waals surface area contributed by atoms with Crippen LogP contribution in [0.25, 0.3) is 0 Å². The average molecular weight is 737 g/mol. The number of aliphatic hydroxyl groups excluding tert-OH is 1. The Morgan fingerprint density at radius 1 is 0.740 bits per heavy atom. The van der Waals surface area contributed by atoms with Crippen LogP contribution in [-0.2, 0) is 21.8 Å². The van der Waals surface area contributed by atoms with E-state index in [4.69, 9.17) is 14.2 Å². The Kier molecular flexibility index (Phi) is 8.82. The summed E-state index contributed by atoms with van der Waals surface area (Å²) in [6.07, 6.45) is -8.31. The van der Waals surface area contributed by atoms with Crippen molar-refractivity contribution in [2.24, 2.45) is 11.8 Å². The summed E-state index contributed by atoms with van der Waals surface area (Å²) in [5, 5.41) is 21.4. The van der Waals surface area contributed by atoms with Gasteiger partial charge in [-0.15, -0.1) is 11.3 Å². The van der Waals surface area contributed by atoms with Gasteiger partial charge in [0.25, 0.3) is 0 Å². The van der Waals surface area contributed by atoms with Gasteiger partial charge in [-0.2, -0.15) is 37.7 Å². The summed E-state index contributed by atoms with van der Waals surface area (Å²) in [6, 6.07) is 12.9. The molecule has 0 bridgehead atoms. The summed E-state index contributed by atoms with van der Waals surface area (Å²) in [6.45, 7) is 0.000173. The number of nitrogens with one attached hydrogen (secondary N) is 2. The van der Waals surface area contributed by atoms with Gasteiger partial charge in [-0.3, -0.25) is 0 Å². The number of hydrogen-bond acceptors (Lipinski definition) is 8. The third-order valence-electron chi connectivity index (χ3n) is 10.4. The summed E-state index contributed by atoms with van der Waals surface area (Å²) in [5.41, 5.74) is 1.74. The van der Waals surface area contributed by atoms with E-state index in [0.29, 0.717) is 46.8 Å². The Bertz CT molecular complexity index is 1830. The summed E-state index contributed by atoms with van der Waals surface area (Å²) in [4.78, 5) is 0.932. The van der Waals surface area contributed by atoms with Crippen LogP contribution in [0.4, 0.5) is 37.7 Å². The molecule has 2 saturated heterocycles. The summed E-state index contributed by atoms with van der Waals surface area (Å²) < 4.78 is 101. The number of hydrogen-bond donors (Lipinski definition) is 3. The predicted molar refractivity (Wildman–Crippen MR) is 178 cm³/mol. The van der Waals surface area contributed by atoms with Crippen LogP contribution in [-0.4, -0.2) is 30.5 Å². The fourth-order valence-electron chi connectivity index (χ4n) is 7.94. The number of fused-ring (bicyclic) bond motifs is 6. The number of benzene rings is 2. The summed E-state index contributed by atoms with van der Waals surface area (Å²) >= 11 is 3.00. The SMILES string of the molecule is OC[C@H]1CC[C@@H]2[C@H](O1)c1cc(C(F)(F)F)ccc1N[C@H]2c1ccc(OC[C@H]2CC[C@@H]3[C@H](O2)c2cc(C(F)(F)F)ccc2N[C@H]3c2ccsc2)s1. The molecule has 6 heterocycles. The number of alkyl halides is 6. The molecule has 4 aliphatic heterocycles. The van der Waals surface area contributed by atoms with E-state index in [1.807, 2.05) is 23.6 Å². The van der Waals surface area contributed by atoms with E-state index in [1.54, 1.807) is 11.3 Å². The normalized spacial score (nSPS) is 29.1. The molecule has 0 saturated carbocycles. The van der Waals surface area contributed by atoms with Crippen LogP contribution in [0, 0.1) is 11.8 Å². The highest BCUT2D eigenvalue weighted by molar-refractivity contribution is 7.13. The zero-order valence-electron chi connectivity index (χ0n) is 26.5.